The molecule has 0 fully saturated rings. The van der Waals surface area contributed by atoms with Gasteiger partial charge in [-0.2, -0.15) is 0 Å². The van der Waals surface area contributed by atoms with Gasteiger partial charge < -0.3 is 15.6 Å². The van der Waals surface area contributed by atoms with Crippen LogP contribution in [0.1, 0.15) is 12.0 Å². The number of rotatable bonds is 5. The van der Waals surface area contributed by atoms with Crippen LogP contribution in [-0.2, 0) is 21.2 Å². The first-order valence-corrected chi connectivity index (χ1v) is 12.2. The van der Waals surface area contributed by atoms with Gasteiger partial charge in [-0.05, 0) is 54.4 Å². The zero-order valence-corrected chi connectivity index (χ0v) is 18.9. The summed E-state index contributed by atoms with van der Waals surface area (Å²) in [6.45, 7) is 0. The number of pyridine rings is 2. The van der Waals surface area contributed by atoms with Crippen molar-refractivity contribution >= 4 is 49.8 Å². The Balaban J connectivity index is 1.53. The Bertz CT molecular complexity index is 1500. The van der Waals surface area contributed by atoms with Crippen LogP contribution in [0.4, 0.5) is 23.0 Å². The summed E-state index contributed by atoms with van der Waals surface area (Å²) >= 11 is 0. The van der Waals surface area contributed by atoms with E-state index in [2.05, 4.69) is 25.6 Å². The average Bonchev–Trinajstić information content (AvgIpc) is 3.23. The second kappa shape index (κ2) is 7.89. The Morgan fingerprint density at radius 2 is 1.91 bits per heavy atom. The van der Waals surface area contributed by atoms with Crippen LogP contribution in [0.3, 0.4) is 0 Å². The summed E-state index contributed by atoms with van der Waals surface area (Å²) in [5.74, 6) is 1.01. The highest BCUT2D eigenvalue weighted by Crippen LogP contribution is 2.34. The first-order chi connectivity index (χ1) is 15.8. The number of aryl methyl sites for hydroxylation is 1. The standard InChI is InChI=1S/C23H22N6O3S/c1-29(33(2,31)32)23-17(4-3-10-25-23)19-13-15-9-11-24-22(21(15)28-19)26-16-6-7-18-14(12-16)5-8-20(30)27-18/h3-4,6-7,9-13,28H,5,8H2,1-2H3,(H,24,26)(H,27,30). The zero-order chi connectivity index (χ0) is 23.2. The normalized spacial score (nSPS) is 13.5. The van der Waals surface area contributed by atoms with Crippen LogP contribution in [0.15, 0.2) is 54.9 Å². The molecule has 0 bridgehead atoms. The lowest BCUT2D eigenvalue weighted by Crippen LogP contribution is -2.26. The number of nitrogens with zero attached hydrogens (tertiary/aromatic N) is 3. The Morgan fingerprint density at radius 3 is 2.73 bits per heavy atom. The smallest absolute Gasteiger partial charge is 0.233 e. The highest BCUT2D eigenvalue weighted by atomic mass is 32.2. The number of benzene rings is 1. The molecule has 0 atom stereocenters. The number of H-pyrrole nitrogens is 1. The molecule has 168 valence electrons. The largest absolute Gasteiger partial charge is 0.351 e. The summed E-state index contributed by atoms with van der Waals surface area (Å²) in [6.07, 6.45) is 5.59. The van der Waals surface area contributed by atoms with E-state index in [9.17, 15) is 13.2 Å². The van der Waals surface area contributed by atoms with Gasteiger partial charge >= 0.3 is 0 Å². The van der Waals surface area contributed by atoms with Crippen molar-refractivity contribution in [2.45, 2.75) is 12.8 Å². The van der Waals surface area contributed by atoms with E-state index >= 15 is 0 Å². The average molecular weight is 463 g/mol. The third kappa shape index (κ3) is 4.00. The van der Waals surface area contributed by atoms with Gasteiger partial charge in [0, 0.05) is 48.2 Å². The molecule has 4 aromatic rings. The summed E-state index contributed by atoms with van der Waals surface area (Å²) in [7, 11) is -1.99. The monoisotopic (exact) mass is 462 g/mol. The number of sulfonamides is 1. The Hall–Kier alpha value is -3.92. The molecule has 33 heavy (non-hydrogen) atoms. The molecule has 3 aromatic heterocycles. The molecular formula is C23H22N6O3S. The molecule has 0 saturated carbocycles. The van der Waals surface area contributed by atoms with E-state index in [0.29, 0.717) is 30.0 Å². The van der Waals surface area contributed by atoms with E-state index in [4.69, 9.17) is 0 Å². The molecule has 0 spiro atoms. The highest BCUT2D eigenvalue weighted by molar-refractivity contribution is 7.92. The first-order valence-electron chi connectivity index (χ1n) is 10.4. The lowest BCUT2D eigenvalue weighted by molar-refractivity contribution is -0.116. The Morgan fingerprint density at radius 1 is 1.06 bits per heavy atom. The van der Waals surface area contributed by atoms with Gasteiger partial charge in [0.1, 0.15) is 0 Å². The second-order valence-corrected chi connectivity index (χ2v) is 9.97. The second-order valence-electron chi connectivity index (χ2n) is 7.96. The fraction of sp³-hybridized carbons (Fsp3) is 0.174. The Labute approximate surface area is 190 Å². The van der Waals surface area contributed by atoms with E-state index < -0.39 is 10.0 Å². The fourth-order valence-electron chi connectivity index (χ4n) is 3.91. The van der Waals surface area contributed by atoms with Crippen molar-refractivity contribution in [3.05, 3.63) is 60.4 Å². The van der Waals surface area contributed by atoms with Crippen LogP contribution in [-0.4, -0.2) is 42.6 Å². The van der Waals surface area contributed by atoms with Crippen molar-refractivity contribution in [3.63, 3.8) is 0 Å². The molecule has 1 aliphatic rings. The minimum absolute atomic E-state index is 0.0323. The van der Waals surface area contributed by atoms with Gasteiger partial charge in [0.15, 0.2) is 11.6 Å². The third-order valence-corrected chi connectivity index (χ3v) is 6.85. The molecular weight excluding hydrogens is 440 g/mol. The topological polar surface area (TPSA) is 120 Å². The number of fused-ring (bicyclic) bond motifs is 2. The van der Waals surface area contributed by atoms with Crippen molar-refractivity contribution in [2.75, 3.05) is 28.2 Å². The van der Waals surface area contributed by atoms with Gasteiger partial charge in [-0.3, -0.25) is 9.10 Å². The predicted molar refractivity (Wildman–Crippen MR) is 129 cm³/mol. The number of hydrogen-bond acceptors (Lipinski definition) is 6. The number of carbonyl (C=O) groups excluding carboxylic acids is 1. The number of hydrogen-bond donors (Lipinski definition) is 3. The maximum absolute atomic E-state index is 12.1. The first kappa shape index (κ1) is 21.0. The fourth-order valence-corrected chi connectivity index (χ4v) is 4.37. The van der Waals surface area contributed by atoms with Crippen molar-refractivity contribution in [1.29, 1.82) is 0 Å². The van der Waals surface area contributed by atoms with Crippen LogP contribution < -0.4 is 14.9 Å². The SMILES string of the molecule is CN(c1ncccc1-c1cc2ccnc(Nc3ccc4c(c3)CCC(=O)N4)c2[nH]1)S(C)(=O)=O. The molecule has 9 nitrogen and oxygen atoms in total. The molecule has 0 aliphatic carbocycles. The molecule has 3 N–H and O–H groups in total. The molecule has 1 aliphatic heterocycles. The van der Waals surface area contributed by atoms with Crippen molar-refractivity contribution in [1.82, 2.24) is 15.0 Å². The number of aromatic amines is 1. The van der Waals surface area contributed by atoms with Gasteiger partial charge in [0.2, 0.25) is 15.9 Å². The quantitative estimate of drug-likeness (QED) is 0.416. The molecule has 4 heterocycles. The number of nitrogens with one attached hydrogen (secondary N) is 3. The molecule has 0 unspecified atom stereocenters. The lowest BCUT2D eigenvalue weighted by atomic mass is 10.0. The highest BCUT2D eigenvalue weighted by Gasteiger charge is 2.20. The van der Waals surface area contributed by atoms with E-state index in [1.165, 1.54) is 7.05 Å². The van der Waals surface area contributed by atoms with E-state index in [-0.39, 0.29) is 5.91 Å². The van der Waals surface area contributed by atoms with Gasteiger partial charge in [-0.15, -0.1) is 0 Å². The van der Waals surface area contributed by atoms with Gasteiger partial charge in [-0.25, -0.2) is 18.4 Å². The summed E-state index contributed by atoms with van der Waals surface area (Å²) < 4.78 is 25.4. The summed E-state index contributed by atoms with van der Waals surface area (Å²) in [4.78, 5) is 23.8. The molecule has 10 heteroatoms. The van der Waals surface area contributed by atoms with Crippen molar-refractivity contribution < 1.29 is 13.2 Å². The number of aromatic nitrogens is 3. The Kier molecular flexibility index (Phi) is 5.01. The van der Waals surface area contributed by atoms with Gasteiger partial charge in [-0.1, -0.05) is 0 Å². The minimum Gasteiger partial charge on any atom is -0.351 e. The maximum atomic E-state index is 12.1. The molecule has 5 rings (SSSR count). The molecule has 1 aromatic carbocycles. The van der Waals surface area contributed by atoms with E-state index in [0.717, 1.165) is 44.1 Å². The zero-order valence-electron chi connectivity index (χ0n) is 18.1. The summed E-state index contributed by atoms with van der Waals surface area (Å²) in [5, 5.41) is 7.16. The van der Waals surface area contributed by atoms with E-state index in [1.54, 1.807) is 18.5 Å². The van der Waals surface area contributed by atoms with E-state index in [1.807, 2.05) is 36.4 Å². The van der Waals surface area contributed by atoms with Crippen LogP contribution in [0.25, 0.3) is 22.2 Å². The van der Waals surface area contributed by atoms with Crippen LogP contribution in [0, 0.1) is 0 Å². The predicted octanol–water partition coefficient (Wildman–Crippen LogP) is 3.65. The number of amides is 1. The summed E-state index contributed by atoms with van der Waals surface area (Å²) in [6, 6.07) is 13.2. The number of carbonyl (C=O) groups is 1. The third-order valence-electron chi connectivity index (χ3n) is 5.68. The lowest BCUT2D eigenvalue weighted by Gasteiger charge is -2.18. The molecule has 1 amide bonds. The minimum atomic E-state index is -3.47. The number of anilines is 4. The van der Waals surface area contributed by atoms with Crippen LogP contribution in [0.2, 0.25) is 0 Å². The summed E-state index contributed by atoms with van der Waals surface area (Å²) in [5.41, 5.74) is 4.95. The van der Waals surface area contributed by atoms with Crippen LogP contribution in [0.5, 0.6) is 0 Å². The van der Waals surface area contributed by atoms with Crippen molar-refractivity contribution in [3.8, 4) is 11.3 Å². The van der Waals surface area contributed by atoms with Crippen LogP contribution >= 0.6 is 0 Å². The maximum Gasteiger partial charge on any atom is 0.233 e. The van der Waals surface area contributed by atoms with Crippen molar-refractivity contribution in [2.24, 2.45) is 0 Å². The molecule has 0 saturated heterocycles. The molecule has 0 radical (unpaired) electrons. The van der Waals surface area contributed by atoms with Gasteiger partial charge in [0.25, 0.3) is 0 Å². The van der Waals surface area contributed by atoms with Gasteiger partial charge in [0.05, 0.1) is 17.5 Å².